The maximum atomic E-state index is 5.75. The van der Waals surface area contributed by atoms with E-state index in [1.165, 1.54) is 5.56 Å². The summed E-state index contributed by atoms with van der Waals surface area (Å²) in [7, 11) is 3.45. The minimum absolute atomic E-state index is 0. The van der Waals surface area contributed by atoms with E-state index in [1.807, 2.05) is 12.1 Å². The van der Waals surface area contributed by atoms with Crippen LogP contribution in [0.2, 0.25) is 0 Å². The lowest BCUT2D eigenvalue weighted by Crippen LogP contribution is -2.44. The van der Waals surface area contributed by atoms with Gasteiger partial charge in [-0.15, -0.1) is 24.0 Å². The SMILES string of the molecule is CCNC(=NCC1(OC)CCOCC1)NCCc1ccc(OC)cc1.I. The number of guanidine groups is 1. The zero-order valence-electron chi connectivity index (χ0n) is 16.0. The number of ether oxygens (including phenoxy) is 3. The van der Waals surface area contributed by atoms with Gasteiger partial charge in [-0.05, 0) is 31.0 Å². The number of methoxy groups -OCH3 is 2. The molecule has 1 aromatic carbocycles. The van der Waals surface area contributed by atoms with Crippen molar-refractivity contribution in [1.29, 1.82) is 0 Å². The van der Waals surface area contributed by atoms with Gasteiger partial charge in [0.25, 0.3) is 0 Å². The Balaban J connectivity index is 0.00000338. The molecule has 0 amide bonds. The Hall–Kier alpha value is -1.06. The van der Waals surface area contributed by atoms with Crippen molar-refractivity contribution in [2.45, 2.75) is 31.8 Å². The Morgan fingerprint density at radius 3 is 2.42 bits per heavy atom. The first kappa shape index (κ1) is 23.0. The molecule has 1 aliphatic rings. The van der Waals surface area contributed by atoms with Crippen molar-refractivity contribution in [3.63, 3.8) is 0 Å². The molecule has 148 valence electrons. The van der Waals surface area contributed by atoms with E-state index in [1.54, 1.807) is 14.2 Å². The first-order valence-corrected chi connectivity index (χ1v) is 8.99. The third-order valence-corrected chi connectivity index (χ3v) is 4.57. The van der Waals surface area contributed by atoms with Gasteiger partial charge >= 0.3 is 0 Å². The third kappa shape index (κ3) is 7.28. The van der Waals surface area contributed by atoms with Gasteiger partial charge in [0.2, 0.25) is 0 Å². The fraction of sp³-hybridized carbons (Fsp3) is 0.632. The summed E-state index contributed by atoms with van der Waals surface area (Å²) in [6.45, 7) is 5.85. The Kier molecular flexibility index (Phi) is 10.9. The van der Waals surface area contributed by atoms with E-state index in [0.717, 1.165) is 57.3 Å². The molecule has 0 saturated carbocycles. The average Bonchev–Trinajstić information content (AvgIpc) is 2.67. The van der Waals surface area contributed by atoms with Gasteiger partial charge in [-0.25, -0.2) is 0 Å². The molecule has 1 fully saturated rings. The maximum Gasteiger partial charge on any atom is 0.191 e. The molecule has 0 bridgehead atoms. The molecule has 1 aliphatic heterocycles. The van der Waals surface area contributed by atoms with Gasteiger partial charge in [0.15, 0.2) is 5.96 Å². The molecule has 0 radical (unpaired) electrons. The van der Waals surface area contributed by atoms with Gasteiger partial charge in [-0.3, -0.25) is 4.99 Å². The molecule has 7 heteroatoms. The van der Waals surface area contributed by atoms with E-state index in [4.69, 9.17) is 19.2 Å². The van der Waals surface area contributed by atoms with Crippen LogP contribution in [0.1, 0.15) is 25.3 Å². The number of hydrogen-bond donors (Lipinski definition) is 2. The smallest absolute Gasteiger partial charge is 0.191 e. The fourth-order valence-electron chi connectivity index (χ4n) is 2.85. The lowest BCUT2D eigenvalue weighted by Gasteiger charge is -2.34. The van der Waals surface area contributed by atoms with Crippen molar-refractivity contribution in [3.8, 4) is 5.75 Å². The average molecular weight is 477 g/mol. The van der Waals surface area contributed by atoms with E-state index in [2.05, 4.69) is 29.7 Å². The quantitative estimate of drug-likeness (QED) is 0.343. The van der Waals surface area contributed by atoms with Gasteiger partial charge in [0, 0.05) is 46.3 Å². The second-order valence-corrected chi connectivity index (χ2v) is 6.22. The molecule has 6 nitrogen and oxygen atoms in total. The minimum Gasteiger partial charge on any atom is -0.497 e. The molecule has 0 spiro atoms. The summed E-state index contributed by atoms with van der Waals surface area (Å²) < 4.78 is 16.4. The van der Waals surface area contributed by atoms with Crippen molar-refractivity contribution < 1.29 is 14.2 Å². The predicted molar refractivity (Wildman–Crippen MR) is 116 cm³/mol. The first-order valence-electron chi connectivity index (χ1n) is 8.99. The second-order valence-electron chi connectivity index (χ2n) is 6.22. The number of halogens is 1. The number of hydrogen-bond acceptors (Lipinski definition) is 4. The molecule has 0 atom stereocenters. The summed E-state index contributed by atoms with van der Waals surface area (Å²) in [6, 6.07) is 8.16. The van der Waals surface area contributed by atoms with Crippen LogP contribution in [0.3, 0.4) is 0 Å². The molecule has 26 heavy (non-hydrogen) atoms. The second kappa shape index (κ2) is 12.3. The lowest BCUT2D eigenvalue weighted by molar-refractivity contribution is -0.0828. The standard InChI is InChI=1S/C19H31N3O3.HI/c1-4-20-18(22-15-19(24-3)10-13-25-14-11-19)21-12-9-16-5-7-17(23-2)8-6-16;/h5-8H,4,9-15H2,1-3H3,(H2,20,21,22);1H. The predicted octanol–water partition coefficient (Wildman–Crippen LogP) is 2.61. The van der Waals surface area contributed by atoms with E-state index in [0.29, 0.717) is 6.54 Å². The van der Waals surface area contributed by atoms with Crippen molar-refractivity contribution in [1.82, 2.24) is 10.6 Å². The zero-order chi connectivity index (χ0) is 18.0. The van der Waals surface area contributed by atoms with Crippen LogP contribution in [0.25, 0.3) is 0 Å². The molecule has 1 aromatic rings. The van der Waals surface area contributed by atoms with Gasteiger partial charge in [-0.1, -0.05) is 12.1 Å². The van der Waals surface area contributed by atoms with E-state index < -0.39 is 0 Å². The Labute approximate surface area is 174 Å². The van der Waals surface area contributed by atoms with Crippen LogP contribution in [-0.4, -0.2) is 58.6 Å². The highest BCUT2D eigenvalue weighted by atomic mass is 127. The van der Waals surface area contributed by atoms with Crippen LogP contribution >= 0.6 is 24.0 Å². The molecule has 1 heterocycles. The highest BCUT2D eigenvalue weighted by molar-refractivity contribution is 14.0. The molecular formula is C19H32IN3O3. The van der Waals surface area contributed by atoms with Crippen LogP contribution in [-0.2, 0) is 15.9 Å². The van der Waals surface area contributed by atoms with E-state index in [-0.39, 0.29) is 29.6 Å². The Morgan fingerprint density at radius 2 is 1.85 bits per heavy atom. The number of aliphatic imine (C=N–C) groups is 1. The highest BCUT2D eigenvalue weighted by Crippen LogP contribution is 2.24. The molecule has 0 aliphatic carbocycles. The molecular weight excluding hydrogens is 445 g/mol. The summed E-state index contributed by atoms with van der Waals surface area (Å²) in [5.74, 6) is 1.71. The van der Waals surface area contributed by atoms with Gasteiger partial charge in [-0.2, -0.15) is 0 Å². The van der Waals surface area contributed by atoms with Crippen molar-refractivity contribution >= 4 is 29.9 Å². The van der Waals surface area contributed by atoms with E-state index in [9.17, 15) is 0 Å². The van der Waals surface area contributed by atoms with Crippen LogP contribution < -0.4 is 15.4 Å². The fourth-order valence-corrected chi connectivity index (χ4v) is 2.85. The zero-order valence-corrected chi connectivity index (χ0v) is 18.4. The molecule has 0 aromatic heterocycles. The summed E-state index contributed by atoms with van der Waals surface area (Å²) >= 11 is 0. The van der Waals surface area contributed by atoms with Gasteiger partial charge in [0.05, 0.1) is 19.3 Å². The maximum absolute atomic E-state index is 5.75. The monoisotopic (exact) mass is 477 g/mol. The summed E-state index contributed by atoms with van der Waals surface area (Å²) in [5, 5.41) is 6.70. The number of rotatable bonds is 8. The van der Waals surface area contributed by atoms with E-state index >= 15 is 0 Å². The lowest BCUT2D eigenvalue weighted by atomic mass is 9.94. The molecule has 0 unspecified atom stereocenters. The van der Waals surface area contributed by atoms with Crippen LogP contribution in [0.5, 0.6) is 5.75 Å². The third-order valence-electron chi connectivity index (χ3n) is 4.57. The largest absolute Gasteiger partial charge is 0.497 e. The number of nitrogens with zero attached hydrogens (tertiary/aromatic N) is 1. The summed E-state index contributed by atoms with van der Waals surface area (Å²) in [6.07, 6.45) is 2.70. The minimum atomic E-state index is -0.198. The van der Waals surface area contributed by atoms with Crippen LogP contribution in [0.4, 0.5) is 0 Å². The Bertz CT molecular complexity index is 531. The number of benzene rings is 1. The van der Waals surface area contributed by atoms with Crippen molar-refractivity contribution in [2.24, 2.45) is 4.99 Å². The molecule has 2 rings (SSSR count). The number of nitrogens with one attached hydrogen (secondary N) is 2. The Morgan fingerprint density at radius 1 is 1.15 bits per heavy atom. The normalized spacial score (nSPS) is 16.5. The van der Waals surface area contributed by atoms with Crippen LogP contribution in [0, 0.1) is 0 Å². The first-order chi connectivity index (χ1) is 12.2. The van der Waals surface area contributed by atoms with Crippen molar-refractivity contribution in [3.05, 3.63) is 29.8 Å². The summed E-state index contributed by atoms with van der Waals surface area (Å²) in [4.78, 5) is 4.73. The van der Waals surface area contributed by atoms with Gasteiger partial charge < -0.3 is 24.8 Å². The van der Waals surface area contributed by atoms with Crippen molar-refractivity contribution in [2.75, 3.05) is 47.1 Å². The van der Waals surface area contributed by atoms with Crippen LogP contribution in [0.15, 0.2) is 29.3 Å². The topological polar surface area (TPSA) is 64.1 Å². The summed E-state index contributed by atoms with van der Waals surface area (Å²) in [5.41, 5.74) is 1.07. The molecule has 2 N–H and O–H groups in total. The van der Waals surface area contributed by atoms with Gasteiger partial charge in [0.1, 0.15) is 5.75 Å². The highest BCUT2D eigenvalue weighted by Gasteiger charge is 2.32. The molecule has 1 saturated heterocycles.